The molecule has 0 bridgehead atoms. The van der Waals surface area contributed by atoms with Crippen LogP contribution >= 0.6 is 0 Å². The number of aromatic carboxylic acids is 1. The van der Waals surface area contributed by atoms with Crippen LogP contribution in [0.4, 0.5) is 4.39 Å². The molecule has 0 amide bonds. The zero-order valence-corrected chi connectivity index (χ0v) is 16.3. The number of halogens is 1. The summed E-state index contributed by atoms with van der Waals surface area (Å²) in [4.78, 5) is 19.9. The summed E-state index contributed by atoms with van der Waals surface area (Å²) in [7, 11) is 0. The molecule has 1 unspecified atom stereocenters. The molecule has 2 aromatic heterocycles. The van der Waals surface area contributed by atoms with E-state index < -0.39 is 12.1 Å². The molecule has 3 N–H and O–H groups in total. The highest BCUT2D eigenvalue weighted by Gasteiger charge is 2.14. The molecule has 3 aromatic rings. The van der Waals surface area contributed by atoms with Crippen LogP contribution in [0.5, 0.6) is 0 Å². The van der Waals surface area contributed by atoms with Gasteiger partial charge < -0.3 is 20.1 Å². The van der Waals surface area contributed by atoms with Crippen molar-refractivity contribution in [3.8, 4) is 0 Å². The number of carboxylic acid groups (broad SMARTS) is 1. The predicted molar refractivity (Wildman–Crippen MR) is 105 cm³/mol. The minimum atomic E-state index is -0.992. The summed E-state index contributed by atoms with van der Waals surface area (Å²) >= 11 is 0. The summed E-state index contributed by atoms with van der Waals surface area (Å²) in [5.41, 5.74) is 3.00. The Morgan fingerprint density at radius 2 is 1.97 bits per heavy atom. The Hall–Kier alpha value is -3.10. The minimum Gasteiger partial charge on any atom is -0.478 e. The van der Waals surface area contributed by atoms with E-state index in [2.05, 4.69) is 15.3 Å². The maximum absolute atomic E-state index is 13.2. The number of nitrogens with zero attached hydrogens (tertiary/aromatic N) is 3. The van der Waals surface area contributed by atoms with E-state index in [4.69, 9.17) is 0 Å². The van der Waals surface area contributed by atoms with Gasteiger partial charge in [-0.15, -0.1) is 0 Å². The van der Waals surface area contributed by atoms with Gasteiger partial charge in [0.2, 0.25) is 0 Å². The SMILES string of the molecule is Cc1cc(C(=O)O)cc(CNCc2ncc(C(C)O)n2Cc2ccc(F)cc2)n1. The average molecular weight is 398 g/mol. The van der Waals surface area contributed by atoms with E-state index in [0.29, 0.717) is 42.5 Å². The van der Waals surface area contributed by atoms with Gasteiger partial charge in [-0.05, 0) is 43.7 Å². The van der Waals surface area contributed by atoms with Crippen LogP contribution in [0.2, 0.25) is 0 Å². The molecule has 0 aliphatic heterocycles. The molecule has 0 aliphatic rings. The van der Waals surface area contributed by atoms with E-state index in [1.807, 2.05) is 4.57 Å². The Labute approximate surface area is 167 Å². The summed E-state index contributed by atoms with van der Waals surface area (Å²) in [6.07, 6.45) is 0.923. The van der Waals surface area contributed by atoms with Crippen LogP contribution < -0.4 is 5.32 Å². The summed E-state index contributed by atoms with van der Waals surface area (Å²) < 4.78 is 15.1. The van der Waals surface area contributed by atoms with E-state index >= 15 is 0 Å². The van der Waals surface area contributed by atoms with E-state index in [9.17, 15) is 19.4 Å². The summed E-state index contributed by atoms with van der Waals surface area (Å²) in [6.45, 7) is 4.63. The van der Waals surface area contributed by atoms with Gasteiger partial charge in [-0.2, -0.15) is 0 Å². The molecular formula is C21H23FN4O3. The first kappa shape index (κ1) is 20.6. The molecule has 0 fully saturated rings. The highest BCUT2D eigenvalue weighted by atomic mass is 19.1. The van der Waals surface area contributed by atoms with Gasteiger partial charge in [-0.3, -0.25) is 4.98 Å². The van der Waals surface area contributed by atoms with Crippen molar-refractivity contribution >= 4 is 5.97 Å². The summed E-state index contributed by atoms with van der Waals surface area (Å²) in [5, 5.41) is 22.4. The molecule has 1 aromatic carbocycles. The number of imidazole rings is 1. The quantitative estimate of drug-likeness (QED) is 0.540. The molecule has 1 atom stereocenters. The number of benzene rings is 1. The second-order valence-electron chi connectivity index (χ2n) is 6.89. The van der Waals surface area contributed by atoms with Crippen molar-refractivity contribution in [2.45, 2.75) is 39.6 Å². The molecule has 0 radical (unpaired) electrons. The largest absolute Gasteiger partial charge is 0.478 e. The van der Waals surface area contributed by atoms with Gasteiger partial charge in [0.05, 0.1) is 35.8 Å². The van der Waals surface area contributed by atoms with E-state index in [0.717, 1.165) is 5.56 Å². The number of rotatable bonds is 8. The lowest BCUT2D eigenvalue weighted by atomic mass is 10.2. The fraction of sp³-hybridized carbons (Fsp3) is 0.286. The van der Waals surface area contributed by atoms with Crippen molar-refractivity contribution in [3.63, 3.8) is 0 Å². The highest BCUT2D eigenvalue weighted by molar-refractivity contribution is 5.87. The second kappa shape index (κ2) is 8.93. The number of aliphatic hydroxyl groups is 1. The van der Waals surface area contributed by atoms with Crippen LogP contribution in [0.15, 0.2) is 42.6 Å². The van der Waals surface area contributed by atoms with E-state index in [1.54, 1.807) is 32.2 Å². The third-order valence-corrected chi connectivity index (χ3v) is 4.49. The van der Waals surface area contributed by atoms with Crippen LogP contribution in [0.1, 0.15) is 51.9 Å². The molecule has 152 valence electrons. The number of pyridine rings is 1. The Bertz CT molecular complexity index is 1000. The number of hydrogen-bond donors (Lipinski definition) is 3. The lowest BCUT2D eigenvalue weighted by molar-refractivity contribution is 0.0696. The molecule has 3 rings (SSSR count). The molecule has 0 aliphatic carbocycles. The van der Waals surface area contributed by atoms with Crippen LogP contribution in [0.25, 0.3) is 0 Å². The fourth-order valence-corrected chi connectivity index (χ4v) is 3.11. The monoisotopic (exact) mass is 398 g/mol. The Balaban J connectivity index is 1.74. The minimum absolute atomic E-state index is 0.198. The molecular weight excluding hydrogens is 375 g/mol. The van der Waals surface area contributed by atoms with Crippen LogP contribution in [-0.2, 0) is 19.6 Å². The van der Waals surface area contributed by atoms with Gasteiger partial charge in [0, 0.05) is 18.8 Å². The van der Waals surface area contributed by atoms with Gasteiger partial charge in [-0.1, -0.05) is 12.1 Å². The third-order valence-electron chi connectivity index (χ3n) is 4.49. The molecule has 0 spiro atoms. The van der Waals surface area contributed by atoms with Crippen molar-refractivity contribution in [2.75, 3.05) is 0 Å². The topological polar surface area (TPSA) is 100 Å². The zero-order chi connectivity index (χ0) is 21.0. The van der Waals surface area contributed by atoms with Crippen molar-refractivity contribution in [1.82, 2.24) is 19.9 Å². The number of aryl methyl sites for hydroxylation is 1. The standard InChI is InChI=1S/C21H23FN4O3/c1-13-7-16(21(28)29)8-18(25-13)9-23-11-20-24-10-19(14(2)27)26(20)12-15-3-5-17(22)6-4-15/h3-8,10,14,23,27H,9,11-12H2,1-2H3,(H,28,29). The van der Waals surface area contributed by atoms with Crippen molar-refractivity contribution in [3.05, 3.63) is 82.4 Å². The molecule has 8 heteroatoms. The maximum atomic E-state index is 13.2. The lowest BCUT2D eigenvalue weighted by Crippen LogP contribution is -2.19. The first-order chi connectivity index (χ1) is 13.8. The van der Waals surface area contributed by atoms with Crippen LogP contribution in [-0.4, -0.2) is 30.7 Å². The molecule has 29 heavy (non-hydrogen) atoms. The Morgan fingerprint density at radius 1 is 1.24 bits per heavy atom. The normalized spacial score (nSPS) is 12.1. The molecule has 2 heterocycles. The highest BCUT2D eigenvalue weighted by Crippen LogP contribution is 2.17. The smallest absolute Gasteiger partial charge is 0.335 e. The van der Waals surface area contributed by atoms with E-state index in [1.165, 1.54) is 24.3 Å². The number of aliphatic hydroxyl groups excluding tert-OH is 1. The van der Waals surface area contributed by atoms with Crippen molar-refractivity contribution < 1.29 is 19.4 Å². The first-order valence-electron chi connectivity index (χ1n) is 9.22. The van der Waals surface area contributed by atoms with Gasteiger partial charge >= 0.3 is 5.97 Å². The summed E-state index contributed by atoms with van der Waals surface area (Å²) in [6, 6.07) is 9.25. The molecule has 7 nitrogen and oxygen atoms in total. The summed E-state index contributed by atoms with van der Waals surface area (Å²) in [5.74, 6) is -0.590. The van der Waals surface area contributed by atoms with Gasteiger partial charge in [-0.25, -0.2) is 14.2 Å². The second-order valence-corrected chi connectivity index (χ2v) is 6.89. The first-order valence-corrected chi connectivity index (χ1v) is 9.22. The predicted octanol–water partition coefficient (Wildman–Crippen LogP) is 2.82. The fourth-order valence-electron chi connectivity index (χ4n) is 3.11. The number of hydrogen-bond acceptors (Lipinski definition) is 5. The van der Waals surface area contributed by atoms with Gasteiger partial charge in [0.15, 0.2) is 0 Å². The Kier molecular flexibility index (Phi) is 6.36. The van der Waals surface area contributed by atoms with Gasteiger partial charge in [0.1, 0.15) is 11.6 Å². The molecule has 0 saturated heterocycles. The van der Waals surface area contributed by atoms with Crippen molar-refractivity contribution in [1.29, 1.82) is 0 Å². The number of nitrogens with one attached hydrogen (secondary N) is 1. The zero-order valence-electron chi connectivity index (χ0n) is 16.3. The number of carbonyl (C=O) groups is 1. The van der Waals surface area contributed by atoms with Crippen LogP contribution in [0.3, 0.4) is 0 Å². The van der Waals surface area contributed by atoms with Crippen molar-refractivity contribution in [2.24, 2.45) is 0 Å². The number of aromatic nitrogens is 3. The lowest BCUT2D eigenvalue weighted by Gasteiger charge is -2.14. The average Bonchev–Trinajstić information content (AvgIpc) is 3.06. The third kappa shape index (κ3) is 5.24. The van der Waals surface area contributed by atoms with E-state index in [-0.39, 0.29) is 11.4 Å². The molecule has 0 saturated carbocycles. The number of carboxylic acids is 1. The maximum Gasteiger partial charge on any atom is 0.335 e. The Morgan fingerprint density at radius 3 is 2.62 bits per heavy atom. The van der Waals surface area contributed by atoms with Crippen LogP contribution in [0, 0.1) is 12.7 Å². The van der Waals surface area contributed by atoms with Gasteiger partial charge in [0.25, 0.3) is 0 Å².